The van der Waals surface area contributed by atoms with Crippen LogP contribution in [0.5, 0.6) is 5.75 Å². The molecule has 0 unspecified atom stereocenters. The third-order valence-corrected chi connectivity index (χ3v) is 2.51. The van der Waals surface area contributed by atoms with Crippen molar-refractivity contribution < 1.29 is 14.3 Å². The SMILES string of the molecule is CN(C)/C=C/C(=O)c1cc2ccc(O)cc2oc1=O. The van der Waals surface area contributed by atoms with Crippen LogP contribution in [0.1, 0.15) is 10.4 Å². The van der Waals surface area contributed by atoms with Crippen LogP contribution in [-0.2, 0) is 0 Å². The van der Waals surface area contributed by atoms with Gasteiger partial charge >= 0.3 is 5.63 Å². The fraction of sp³-hybridized carbons (Fsp3) is 0.143. The zero-order valence-electron chi connectivity index (χ0n) is 10.6. The number of hydrogen-bond acceptors (Lipinski definition) is 5. The van der Waals surface area contributed by atoms with Gasteiger partial charge in [0.05, 0.1) is 0 Å². The zero-order chi connectivity index (χ0) is 14.0. The van der Waals surface area contributed by atoms with Crippen LogP contribution < -0.4 is 5.63 Å². The van der Waals surface area contributed by atoms with E-state index in [1.165, 1.54) is 24.3 Å². The van der Waals surface area contributed by atoms with E-state index in [-0.39, 0.29) is 16.9 Å². The minimum atomic E-state index is -0.716. The Hall–Kier alpha value is -2.56. The molecule has 0 amide bonds. The molecule has 0 saturated carbocycles. The summed E-state index contributed by atoms with van der Waals surface area (Å²) in [6.07, 6.45) is 2.86. The molecule has 1 heterocycles. The third kappa shape index (κ3) is 2.82. The molecule has 19 heavy (non-hydrogen) atoms. The molecule has 98 valence electrons. The van der Waals surface area contributed by atoms with Gasteiger partial charge < -0.3 is 14.4 Å². The molecule has 0 atom stereocenters. The Balaban J connectivity index is 2.50. The number of allylic oxidation sites excluding steroid dienone is 1. The van der Waals surface area contributed by atoms with E-state index in [2.05, 4.69) is 0 Å². The normalized spacial score (nSPS) is 11.1. The Morgan fingerprint density at radius 3 is 2.74 bits per heavy atom. The van der Waals surface area contributed by atoms with E-state index in [1.807, 2.05) is 0 Å². The largest absolute Gasteiger partial charge is 0.508 e. The van der Waals surface area contributed by atoms with Gasteiger partial charge in [0.25, 0.3) is 0 Å². The molecule has 0 fully saturated rings. The van der Waals surface area contributed by atoms with Gasteiger partial charge in [-0.3, -0.25) is 4.79 Å². The van der Waals surface area contributed by atoms with Crippen LogP contribution in [0.2, 0.25) is 0 Å². The first-order valence-electron chi connectivity index (χ1n) is 5.63. The average molecular weight is 259 g/mol. The van der Waals surface area contributed by atoms with Crippen molar-refractivity contribution in [3.8, 4) is 5.75 Å². The molecule has 1 N–H and O–H groups in total. The van der Waals surface area contributed by atoms with Gasteiger partial charge in [0.15, 0.2) is 5.78 Å². The summed E-state index contributed by atoms with van der Waals surface area (Å²) in [4.78, 5) is 25.3. The number of aromatic hydroxyl groups is 1. The minimum Gasteiger partial charge on any atom is -0.508 e. The van der Waals surface area contributed by atoms with Crippen LogP contribution in [0, 0.1) is 0 Å². The average Bonchev–Trinajstić information content (AvgIpc) is 2.35. The van der Waals surface area contributed by atoms with Crippen molar-refractivity contribution in [2.75, 3.05) is 14.1 Å². The lowest BCUT2D eigenvalue weighted by molar-refractivity contribution is 0.104. The highest BCUT2D eigenvalue weighted by molar-refractivity contribution is 6.05. The van der Waals surface area contributed by atoms with E-state index >= 15 is 0 Å². The maximum atomic E-state index is 11.9. The maximum Gasteiger partial charge on any atom is 0.347 e. The quantitative estimate of drug-likeness (QED) is 0.516. The number of nitrogens with zero attached hydrogens (tertiary/aromatic N) is 1. The molecule has 0 bridgehead atoms. The van der Waals surface area contributed by atoms with Gasteiger partial charge in [-0.15, -0.1) is 0 Å². The molecule has 0 aliphatic rings. The number of phenolic OH excluding ortho intramolecular Hbond substituents is 1. The fourth-order valence-corrected chi connectivity index (χ4v) is 1.58. The van der Waals surface area contributed by atoms with Gasteiger partial charge in [0.2, 0.25) is 0 Å². The Labute approximate surface area is 109 Å². The summed E-state index contributed by atoms with van der Waals surface area (Å²) in [5, 5.41) is 9.88. The van der Waals surface area contributed by atoms with Crippen molar-refractivity contribution in [2.45, 2.75) is 0 Å². The maximum absolute atomic E-state index is 11.9. The van der Waals surface area contributed by atoms with E-state index in [1.54, 1.807) is 31.3 Å². The Kier molecular flexibility index (Phi) is 3.37. The first kappa shape index (κ1) is 12.9. The molecular formula is C14H13NO4. The summed E-state index contributed by atoms with van der Waals surface area (Å²) >= 11 is 0. The summed E-state index contributed by atoms with van der Waals surface area (Å²) in [5.74, 6) is -0.417. The molecule has 0 saturated heterocycles. The third-order valence-electron chi connectivity index (χ3n) is 2.51. The Morgan fingerprint density at radius 2 is 2.05 bits per heavy atom. The Morgan fingerprint density at radius 1 is 1.32 bits per heavy atom. The molecule has 0 aliphatic carbocycles. The van der Waals surface area contributed by atoms with Crippen molar-refractivity contribution in [1.29, 1.82) is 0 Å². The number of fused-ring (bicyclic) bond motifs is 1. The van der Waals surface area contributed by atoms with Crippen molar-refractivity contribution in [3.63, 3.8) is 0 Å². The van der Waals surface area contributed by atoms with Crippen molar-refractivity contribution in [2.24, 2.45) is 0 Å². The van der Waals surface area contributed by atoms with Crippen molar-refractivity contribution in [3.05, 3.63) is 52.5 Å². The highest BCUT2D eigenvalue weighted by Crippen LogP contribution is 2.19. The summed E-state index contributed by atoms with van der Waals surface area (Å²) < 4.78 is 5.02. The Bertz CT molecular complexity index is 713. The monoisotopic (exact) mass is 259 g/mol. The topological polar surface area (TPSA) is 70.8 Å². The lowest BCUT2D eigenvalue weighted by Gasteiger charge is -2.03. The molecule has 1 aromatic carbocycles. The van der Waals surface area contributed by atoms with E-state index < -0.39 is 11.4 Å². The fourth-order valence-electron chi connectivity index (χ4n) is 1.58. The standard InChI is InChI=1S/C14H13NO4/c1-15(2)6-5-12(17)11-7-9-3-4-10(16)8-13(9)19-14(11)18/h3-8,16H,1-2H3/b6-5+. The van der Waals surface area contributed by atoms with Crippen LogP contribution in [0.25, 0.3) is 11.0 Å². The summed E-state index contributed by atoms with van der Waals surface area (Å²) in [6.45, 7) is 0. The summed E-state index contributed by atoms with van der Waals surface area (Å²) in [6, 6.07) is 5.84. The molecule has 0 spiro atoms. The predicted molar refractivity (Wildman–Crippen MR) is 71.3 cm³/mol. The van der Waals surface area contributed by atoms with Crippen LogP contribution in [0.15, 0.2) is 45.8 Å². The van der Waals surface area contributed by atoms with Gasteiger partial charge in [0, 0.05) is 37.8 Å². The second-order valence-corrected chi connectivity index (χ2v) is 4.31. The molecule has 2 aromatic rings. The van der Waals surface area contributed by atoms with Gasteiger partial charge in [0.1, 0.15) is 16.9 Å². The van der Waals surface area contributed by atoms with Crippen molar-refractivity contribution >= 4 is 16.8 Å². The van der Waals surface area contributed by atoms with Crippen molar-refractivity contribution in [1.82, 2.24) is 4.90 Å². The van der Waals surface area contributed by atoms with Gasteiger partial charge in [-0.2, -0.15) is 0 Å². The highest BCUT2D eigenvalue weighted by Gasteiger charge is 2.11. The molecule has 0 radical (unpaired) electrons. The van der Waals surface area contributed by atoms with E-state index in [9.17, 15) is 14.7 Å². The van der Waals surface area contributed by atoms with Crippen LogP contribution in [0.4, 0.5) is 0 Å². The molecule has 5 nitrogen and oxygen atoms in total. The van der Waals surface area contributed by atoms with E-state index in [4.69, 9.17) is 4.42 Å². The summed E-state index contributed by atoms with van der Waals surface area (Å²) in [7, 11) is 3.55. The summed E-state index contributed by atoms with van der Waals surface area (Å²) in [5.41, 5.74) is -0.499. The number of carbonyl (C=O) groups excluding carboxylic acids is 1. The smallest absolute Gasteiger partial charge is 0.347 e. The van der Waals surface area contributed by atoms with Crippen LogP contribution in [0.3, 0.4) is 0 Å². The molecular weight excluding hydrogens is 246 g/mol. The van der Waals surface area contributed by atoms with E-state index in [0.717, 1.165) is 0 Å². The first-order chi connectivity index (χ1) is 8.97. The zero-order valence-corrected chi connectivity index (χ0v) is 10.6. The number of phenols is 1. The number of carbonyl (C=O) groups is 1. The highest BCUT2D eigenvalue weighted by atomic mass is 16.4. The van der Waals surface area contributed by atoms with Crippen LogP contribution in [-0.4, -0.2) is 29.9 Å². The van der Waals surface area contributed by atoms with Gasteiger partial charge in [-0.1, -0.05) is 0 Å². The number of benzene rings is 1. The predicted octanol–water partition coefficient (Wildman–Crippen LogP) is 1.76. The molecule has 5 heteroatoms. The second kappa shape index (κ2) is 4.97. The molecule has 0 aliphatic heterocycles. The van der Waals surface area contributed by atoms with Crippen LogP contribution >= 0.6 is 0 Å². The van der Waals surface area contributed by atoms with Gasteiger partial charge in [-0.25, -0.2) is 4.79 Å². The van der Waals surface area contributed by atoms with Gasteiger partial charge in [-0.05, 0) is 18.2 Å². The second-order valence-electron chi connectivity index (χ2n) is 4.31. The minimum absolute atomic E-state index is 0.00206. The number of hydrogen-bond donors (Lipinski definition) is 1. The lowest BCUT2D eigenvalue weighted by atomic mass is 10.1. The molecule has 1 aromatic heterocycles. The van der Waals surface area contributed by atoms with E-state index in [0.29, 0.717) is 5.39 Å². The number of ketones is 1. The lowest BCUT2D eigenvalue weighted by Crippen LogP contribution is -2.13. The molecule has 2 rings (SSSR count). The number of rotatable bonds is 3. The first-order valence-corrected chi connectivity index (χ1v) is 5.63.